The summed E-state index contributed by atoms with van der Waals surface area (Å²) in [5.41, 5.74) is 0.166. The molecule has 1 aliphatic rings. The fourth-order valence-electron chi connectivity index (χ4n) is 2.47. The molecule has 1 aliphatic carbocycles. The van der Waals surface area contributed by atoms with Gasteiger partial charge in [-0.05, 0) is 12.1 Å². The zero-order valence-electron chi connectivity index (χ0n) is 11.8. The third-order valence-electron chi connectivity index (χ3n) is 3.78. The van der Waals surface area contributed by atoms with Crippen molar-refractivity contribution in [2.45, 2.75) is 36.6 Å². The number of para-hydroxylation sites is 1. The first-order valence-corrected chi connectivity index (χ1v) is 6.72. The van der Waals surface area contributed by atoms with Gasteiger partial charge >= 0.3 is 0 Å². The minimum atomic E-state index is -1.70. The average Bonchev–Trinajstić information content (AvgIpc) is 2.54. The van der Waals surface area contributed by atoms with Gasteiger partial charge in [-0.2, -0.15) is 0 Å². The Labute approximate surface area is 126 Å². The zero-order valence-corrected chi connectivity index (χ0v) is 11.8. The van der Waals surface area contributed by atoms with Crippen LogP contribution in [0.1, 0.15) is 10.4 Å². The molecule has 0 bridgehead atoms. The van der Waals surface area contributed by atoms with Crippen molar-refractivity contribution >= 4 is 5.91 Å². The van der Waals surface area contributed by atoms with Crippen LogP contribution in [0.3, 0.4) is 0 Å². The van der Waals surface area contributed by atoms with Crippen LogP contribution in [0.5, 0.6) is 5.75 Å². The monoisotopic (exact) mass is 313 g/mol. The molecule has 1 amide bonds. The molecule has 122 valence electrons. The van der Waals surface area contributed by atoms with Crippen molar-refractivity contribution in [2.75, 3.05) is 7.11 Å². The SMILES string of the molecule is COc1ccccc1C(=O)NC1[C@@H](O)[C@H](O)C(O)[C@H](O)[C@H]1O. The van der Waals surface area contributed by atoms with Crippen molar-refractivity contribution in [1.82, 2.24) is 5.32 Å². The Morgan fingerprint density at radius 3 is 2.00 bits per heavy atom. The molecule has 8 heteroatoms. The smallest absolute Gasteiger partial charge is 0.255 e. The van der Waals surface area contributed by atoms with Crippen molar-refractivity contribution in [1.29, 1.82) is 0 Å². The van der Waals surface area contributed by atoms with E-state index in [2.05, 4.69) is 5.32 Å². The summed E-state index contributed by atoms with van der Waals surface area (Å²) in [4.78, 5) is 12.2. The van der Waals surface area contributed by atoms with Crippen LogP contribution in [0.25, 0.3) is 0 Å². The lowest BCUT2D eigenvalue weighted by molar-refractivity contribution is -0.188. The van der Waals surface area contributed by atoms with Gasteiger partial charge in [-0.1, -0.05) is 12.1 Å². The third kappa shape index (κ3) is 2.92. The Balaban J connectivity index is 2.20. The Kier molecular flexibility index (Phi) is 4.99. The maximum atomic E-state index is 12.2. The lowest BCUT2D eigenvalue weighted by Crippen LogP contribution is -2.68. The summed E-state index contributed by atoms with van der Waals surface area (Å²) in [5.74, 6) is -0.364. The maximum absolute atomic E-state index is 12.2. The number of benzene rings is 1. The minimum Gasteiger partial charge on any atom is -0.496 e. The number of rotatable bonds is 3. The van der Waals surface area contributed by atoms with Gasteiger partial charge in [0.05, 0.1) is 18.7 Å². The molecule has 0 saturated heterocycles. The fourth-order valence-corrected chi connectivity index (χ4v) is 2.47. The predicted octanol–water partition coefficient (Wildman–Crippen LogP) is -2.39. The topological polar surface area (TPSA) is 139 Å². The maximum Gasteiger partial charge on any atom is 0.255 e. The summed E-state index contributed by atoms with van der Waals surface area (Å²) >= 11 is 0. The molecule has 6 N–H and O–H groups in total. The number of hydrogen-bond acceptors (Lipinski definition) is 7. The Bertz CT molecular complexity index is 522. The first-order chi connectivity index (χ1) is 10.4. The standard InChI is InChI=1S/C14H19NO7/c1-22-7-5-3-2-4-6(7)14(21)15-8-9(16)11(18)13(20)12(19)10(8)17/h2-5,8-13,16-20H,1H3,(H,15,21)/t8?,9-,10+,11+,12-,13?. The van der Waals surface area contributed by atoms with Gasteiger partial charge in [0.15, 0.2) is 0 Å². The van der Waals surface area contributed by atoms with Gasteiger partial charge in [0.25, 0.3) is 5.91 Å². The molecule has 2 rings (SSSR count). The number of amides is 1. The summed E-state index contributed by atoms with van der Waals surface area (Å²) in [6, 6.07) is 4.99. The molecule has 1 aromatic carbocycles. The van der Waals surface area contributed by atoms with Crippen LogP contribution in [-0.4, -0.2) is 75.1 Å². The van der Waals surface area contributed by atoms with E-state index in [0.29, 0.717) is 5.75 Å². The Morgan fingerprint density at radius 1 is 0.955 bits per heavy atom. The highest BCUT2D eigenvalue weighted by molar-refractivity contribution is 5.97. The van der Waals surface area contributed by atoms with Crippen LogP contribution >= 0.6 is 0 Å². The van der Waals surface area contributed by atoms with Gasteiger partial charge in [0.1, 0.15) is 36.3 Å². The minimum absolute atomic E-state index is 0.166. The molecule has 0 aliphatic heterocycles. The summed E-state index contributed by atoms with van der Waals surface area (Å²) in [7, 11) is 1.39. The van der Waals surface area contributed by atoms with Crippen molar-refractivity contribution in [3.63, 3.8) is 0 Å². The molecule has 0 heterocycles. The van der Waals surface area contributed by atoms with Crippen molar-refractivity contribution < 1.29 is 35.1 Å². The first kappa shape index (κ1) is 16.7. The molecule has 0 radical (unpaired) electrons. The molecule has 0 spiro atoms. The number of carbonyl (C=O) groups excluding carboxylic acids is 1. The molecular weight excluding hydrogens is 294 g/mol. The predicted molar refractivity (Wildman–Crippen MR) is 74.3 cm³/mol. The van der Waals surface area contributed by atoms with Gasteiger partial charge in [-0.25, -0.2) is 0 Å². The van der Waals surface area contributed by atoms with Crippen LogP contribution in [0.15, 0.2) is 24.3 Å². The molecule has 1 saturated carbocycles. The highest BCUT2D eigenvalue weighted by atomic mass is 16.5. The van der Waals surface area contributed by atoms with Gasteiger partial charge in [0.2, 0.25) is 0 Å². The van der Waals surface area contributed by atoms with E-state index in [-0.39, 0.29) is 5.56 Å². The van der Waals surface area contributed by atoms with E-state index < -0.39 is 42.5 Å². The summed E-state index contributed by atoms with van der Waals surface area (Å²) in [6.45, 7) is 0. The van der Waals surface area contributed by atoms with E-state index in [1.165, 1.54) is 13.2 Å². The average molecular weight is 313 g/mol. The van der Waals surface area contributed by atoms with Gasteiger partial charge in [-0.15, -0.1) is 0 Å². The van der Waals surface area contributed by atoms with E-state index in [4.69, 9.17) is 4.74 Å². The van der Waals surface area contributed by atoms with Crippen LogP contribution in [0.2, 0.25) is 0 Å². The number of nitrogens with one attached hydrogen (secondary N) is 1. The number of ether oxygens (including phenoxy) is 1. The molecule has 0 aromatic heterocycles. The summed E-state index contributed by atoms with van der Waals surface area (Å²) in [6.07, 6.45) is -8.36. The first-order valence-electron chi connectivity index (χ1n) is 6.72. The largest absolute Gasteiger partial charge is 0.496 e. The van der Waals surface area contributed by atoms with Crippen LogP contribution in [0.4, 0.5) is 0 Å². The van der Waals surface area contributed by atoms with Crippen molar-refractivity contribution in [2.24, 2.45) is 0 Å². The summed E-state index contributed by atoms with van der Waals surface area (Å²) < 4.78 is 5.04. The van der Waals surface area contributed by atoms with E-state index in [9.17, 15) is 30.3 Å². The van der Waals surface area contributed by atoms with E-state index in [1.54, 1.807) is 18.2 Å². The Morgan fingerprint density at radius 2 is 1.45 bits per heavy atom. The zero-order chi connectivity index (χ0) is 16.4. The number of hydrogen-bond donors (Lipinski definition) is 6. The quantitative estimate of drug-likeness (QED) is 0.366. The van der Waals surface area contributed by atoms with Crippen molar-refractivity contribution in [3.8, 4) is 5.75 Å². The van der Waals surface area contributed by atoms with Crippen LogP contribution in [-0.2, 0) is 0 Å². The van der Waals surface area contributed by atoms with E-state index >= 15 is 0 Å². The normalized spacial score (nSPS) is 35.0. The van der Waals surface area contributed by atoms with Gasteiger partial charge < -0.3 is 35.6 Å². The second-order valence-electron chi connectivity index (χ2n) is 5.15. The molecule has 2 unspecified atom stereocenters. The second-order valence-corrected chi connectivity index (χ2v) is 5.15. The highest BCUT2D eigenvalue weighted by Crippen LogP contribution is 2.23. The third-order valence-corrected chi connectivity index (χ3v) is 3.78. The number of carbonyl (C=O) groups is 1. The van der Waals surface area contributed by atoms with Gasteiger partial charge in [-0.3, -0.25) is 4.79 Å². The fraction of sp³-hybridized carbons (Fsp3) is 0.500. The van der Waals surface area contributed by atoms with Gasteiger partial charge in [0, 0.05) is 0 Å². The molecule has 1 fully saturated rings. The molecular formula is C14H19NO7. The second kappa shape index (κ2) is 6.59. The van der Waals surface area contributed by atoms with E-state index in [0.717, 1.165) is 0 Å². The summed E-state index contributed by atoms with van der Waals surface area (Å²) in [5, 5.41) is 50.9. The number of aliphatic hydroxyl groups excluding tert-OH is 5. The molecule has 22 heavy (non-hydrogen) atoms. The van der Waals surface area contributed by atoms with Crippen molar-refractivity contribution in [3.05, 3.63) is 29.8 Å². The molecule has 8 nitrogen and oxygen atoms in total. The highest BCUT2D eigenvalue weighted by Gasteiger charge is 2.48. The lowest BCUT2D eigenvalue weighted by atomic mass is 9.83. The molecule has 1 aromatic rings. The number of methoxy groups -OCH3 is 1. The van der Waals surface area contributed by atoms with E-state index in [1.807, 2.05) is 0 Å². The van der Waals surface area contributed by atoms with Crippen LogP contribution < -0.4 is 10.1 Å². The number of aliphatic hydroxyl groups is 5. The Hall–Kier alpha value is -1.71. The van der Waals surface area contributed by atoms with Crippen LogP contribution in [0, 0.1) is 0 Å². The lowest BCUT2D eigenvalue weighted by Gasteiger charge is -2.42. The molecule has 6 atom stereocenters.